The Morgan fingerprint density at radius 1 is 1.07 bits per heavy atom. The number of aromatic nitrogens is 2. The molecule has 1 heterocycles. The van der Waals surface area contributed by atoms with Crippen molar-refractivity contribution in [2.75, 3.05) is 20.7 Å². The normalized spacial score (nSPS) is 11.3. The van der Waals surface area contributed by atoms with E-state index in [2.05, 4.69) is 33.0 Å². The number of aliphatic imine (C=N–C) groups is 1. The Kier molecular flexibility index (Phi) is 6.46. The van der Waals surface area contributed by atoms with Crippen molar-refractivity contribution in [1.29, 1.82) is 0 Å². The molecule has 0 fully saturated rings. The lowest BCUT2D eigenvalue weighted by Gasteiger charge is -2.12. The van der Waals surface area contributed by atoms with Crippen molar-refractivity contribution in [1.82, 2.24) is 20.4 Å². The van der Waals surface area contributed by atoms with Crippen LogP contribution in [0.5, 0.6) is 5.75 Å². The van der Waals surface area contributed by atoms with Crippen molar-refractivity contribution in [3.63, 3.8) is 0 Å². The minimum Gasteiger partial charge on any atom is -0.497 e. The standard InChI is InChI=1S/C21H25N5O/c1-22-21(24-14-17-7-6-10-20(13-17)27-2)23-12-11-18-15-25-26(16-18)19-8-4-3-5-9-19/h3-10,13,15-16H,11-12,14H2,1-2H3,(H2,22,23,24). The van der Waals surface area contributed by atoms with Crippen molar-refractivity contribution in [3.05, 3.63) is 78.1 Å². The van der Waals surface area contributed by atoms with Gasteiger partial charge in [-0.1, -0.05) is 30.3 Å². The lowest BCUT2D eigenvalue weighted by Crippen LogP contribution is -2.37. The summed E-state index contributed by atoms with van der Waals surface area (Å²) in [5, 5.41) is 11.1. The minimum atomic E-state index is 0.683. The van der Waals surface area contributed by atoms with Crippen LogP contribution in [0.2, 0.25) is 0 Å². The van der Waals surface area contributed by atoms with Gasteiger partial charge in [-0.05, 0) is 41.8 Å². The maximum Gasteiger partial charge on any atom is 0.191 e. The molecule has 0 aliphatic heterocycles. The van der Waals surface area contributed by atoms with Crippen LogP contribution in [0.3, 0.4) is 0 Å². The second-order valence-electron chi connectivity index (χ2n) is 6.08. The van der Waals surface area contributed by atoms with Crippen molar-refractivity contribution in [3.8, 4) is 11.4 Å². The molecule has 0 aliphatic rings. The number of hydrogen-bond acceptors (Lipinski definition) is 3. The molecule has 0 aliphatic carbocycles. The van der Waals surface area contributed by atoms with E-state index in [1.807, 2.05) is 59.4 Å². The highest BCUT2D eigenvalue weighted by molar-refractivity contribution is 5.79. The minimum absolute atomic E-state index is 0.683. The van der Waals surface area contributed by atoms with Crippen LogP contribution >= 0.6 is 0 Å². The zero-order chi connectivity index (χ0) is 18.9. The van der Waals surface area contributed by atoms with Gasteiger partial charge in [0, 0.05) is 26.3 Å². The topological polar surface area (TPSA) is 63.5 Å². The first-order chi connectivity index (χ1) is 13.3. The van der Waals surface area contributed by atoms with Crippen LogP contribution < -0.4 is 15.4 Å². The number of hydrogen-bond donors (Lipinski definition) is 2. The average molecular weight is 363 g/mol. The zero-order valence-electron chi connectivity index (χ0n) is 15.7. The number of benzene rings is 2. The first-order valence-electron chi connectivity index (χ1n) is 8.95. The van der Waals surface area contributed by atoms with Crippen LogP contribution in [0.15, 0.2) is 72.0 Å². The van der Waals surface area contributed by atoms with Gasteiger partial charge in [0.1, 0.15) is 5.75 Å². The summed E-state index contributed by atoms with van der Waals surface area (Å²) < 4.78 is 7.15. The molecule has 0 amide bonds. The summed E-state index contributed by atoms with van der Waals surface area (Å²) in [6.07, 6.45) is 4.83. The Bertz CT molecular complexity index is 873. The van der Waals surface area contributed by atoms with Crippen molar-refractivity contribution >= 4 is 5.96 Å². The highest BCUT2D eigenvalue weighted by Crippen LogP contribution is 2.12. The number of rotatable bonds is 7. The van der Waals surface area contributed by atoms with Crippen LogP contribution in [0.4, 0.5) is 0 Å². The molecule has 140 valence electrons. The van der Waals surface area contributed by atoms with Crippen molar-refractivity contribution < 1.29 is 4.74 Å². The molecule has 2 N–H and O–H groups in total. The van der Waals surface area contributed by atoms with E-state index in [0.717, 1.165) is 35.9 Å². The fraction of sp³-hybridized carbons (Fsp3) is 0.238. The zero-order valence-corrected chi connectivity index (χ0v) is 15.7. The van der Waals surface area contributed by atoms with Gasteiger partial charge in [0.05, 0.1) is 19.0 Å². The molecule has 0 saturated carbocycles. The smallest absolute Gasteiger partial charge is 0.191 e. The molecule has 0 unspecified atom stereocenters. The van der Waals surface area contributed by atoms with Gasteiger partial charge in [0.2, 0.25) is 0 Å². The molecular formula is C21H25N5O. The monoisotopic (exact) mass is 363 g/mol. The maximum atomic E-state index is 5.25. The van der Waals surface area contributed by atoms with E-state index in [1.165, 1.54) is 5.56 Å². The molecule has 3 rings (SSSR count). The Morgan fingerprint density at radius 2 is 1.93 bits per heavy atom. The van der Waals surface area contributed by atoms with E-state index in [4.69, 9.17) is 4.74 Å². The van der Waals surface area contributed by atoms with E-state index in [0.29, 0.717) is 6.54 Å². The molecule has 0 saturated heterocycles. The third-order valence-electron chi connectivity index (χ3n) is 4.18. The molecule has 6 nitrogen and oxygen atoms in total. The molecule has 0 atom stereocenters. The Balaban J connectivity index is 1.46. The number of para-hydroxylation sites is 1. The second kappa shape index (κ2) is 9.43. The second-order valence-corrected chi connectivity index (χ2v) is 6.08. The summed E-state index contributed by atoms with van der Waals surface area (Å²) in [4.78, 5) is 4.27. The molecule has 0 bridgehead atoms. The lowest BCUT2D eigenvalue weighted by atomic mass is 10.2. The highest BCUT2D eigenvalue weighted by Gasteiger charge is 2.03. The van der Waals surface area contributed by atoms with Crippen LogP contribution in [0.25, 0.3) is 5.69 Å². The number of guanidine groups is 1. The van der Waals surface area contributed by atoms with Crippen molar-refractivity contribution in [2.45, 2.75) is 13.0 Å². The van der Waals surface area contributed by atoms with E-state index in [1.54, 1.807) is 14.2 Å². The van der Waals surface area contributed by atoms with Crippen LogP contribution in [-0.2, 0) is 13.0 Å². The van der Waals surface area contributed by atoms with E-state index >= 15 is 0 Å². The molecular weight excluding hydrogens is 338 g/mol. The summed E-state index contributed by atoms with van der Waals surface area (Å²) in [5.41, 5.74) is 3.38. The quantitative estimate of drug-likeness (QED) is 0.500. The Labute approximate surface area is 159 Å². The third-order valence-corrected chi connectivity index (χ3v) is 4.18. The van der Waals surface area contributed by atoms with E-state index < -0.39 is 0 Å². The average Bonchev–Trinajstić information content (AvgIpc) is 3.20. The molecule has 3 aromatic rings. The molecule has 1 aromatic heterocycles. The summed E-state index contributed by atoms with van der Waals surface area (Å²) in [5.74, 6) is 1.63. The summed E-state index contributed by atoms with van der Waals surface area (Å²) in [6, 6.07) is 18.1. The molecule has 0 spiro atoms. The van der Waals surface area contributed by atoms with Crippen LogP contribution in [0, 0.1) is 0 Å². The largest absolute Gasteiger partial charge is 0.497 e. The van der Waals surface area contributed by atoms with Gasteiger partial charge in [0.15, 0.2) is 5.96 Å². The highest BCUT2D eigenvalue weighted by atomic mass is 16.5. The fourth-order valence-corrected chi connectivity index (χ4v) is 2.73. The number of methoxy groups -OCH3 is 1. The fourth-order valence-electron chi connectivity index (χ4n) is 2.73. The molecule has 0 radical (unpaired) electrons. The predicted octanol–water partition coefficient (Wildman–Crippen LogP) is 2.79. The molecule has 27 heavy (non-hydrogen) atoms. The first-order valence-corrected chi connectivity index (χ1v) is 8.95. The Hall–Kier alpha value is -3.28. The van der Waals surface area contributed by atoms with Gasteiger partial charge in [0.25, 0.3) is 0 Å². The van der Waals surface area contributed by atoms with Gasteiger partial charge in [-0.2, -0.15) is 5.10 Å². The lowest BCUT2D eigenvalue weighted by molar-refractivity contribution is 0.414. The van der Waals surface area contributed by atoms with Crippen molar-refractivity contribution in [2.24, 2.45) is 4.99 Å². The van der Waals surface area contributed by atoms with E-state index in [-0.39, 0.29) is 0 Å². The van der Waals surface area contributed by atoms with Gasteiger partial charge >= 0.3 is 0 Å². The van der Waals surface area contributed by atoms with Gasteiger partial charge in [-0.15, -0.1) is 0 Å². The van der Waals surface area contributed by atoms with Crippen LogP contribution in [0.1, 0.15) is 11.1 Å². The summed E-state index contributed by atoms with van der Waals surface area (Å²) in [6.45, 7) is 1.46. The first kappa shape index (κ1) is 18.5. The third kappa shape index (κ3) is 5.34. The van der Waals surface area contributed by atoms with Gasteiger partial charge in [-0.25, -0.2) is 4.68 Å². The van der Waals surface area contributed by atoms with Crippen LogP contribution in [-0.4, -0.2) is 36.4 Å². The number of ether oxygens (including phenoxy) is 1. The predicted molar refractivity (Wildman–Crippen MR) is 108 cm³/mol. The summed E-state index contributed by atoms with van der Waals surface area (Å²) in [7, 11) is 3.45. The maximum absolute atomic E-state index is 5.25. The van der Waals surface area contributed by atoms with E-state index in [9.17, 15) is 0 Å². The Morgan fingerprint density at radius 3 is 2.70 bits per heavy atom. The number of nitrogens with one attached hydrogen (secondary N) is 2. The van der Waals surface area contributed by atoms with Gasteiger partial charge < -0.3 is 15.4 Å². The summed E-state index contributed by atoms with van der Waals surface area (Å²) >= 11 is 0. The SMILES string of the molecule is CN=C(NCCc1cnn(-c2ccccc2)c1)NCc1cccc(OC)c1. The molecule has 6 heteroatoms. The molecule has 2 aromatic carbocycles. The van der Waals surface area contributed by atoms with Gasteiger partial charge in [-0.3, -0.25) is 4.99 Å². The number of nitrogens with zero attached hydrogens (tertiary/aromatic N) is 3.